The average Bonchev–Trinajstić information content (AvgIpc) is 3.07. The fourth-order valence-corrected chi connectivity index (χ4v) is 5.32. The van der Waals surface area contributed by atoms with Gasteiger partial charge in [-0.15, -0.1) is 0 Å². The fraction of sp³-hybridized carbons (Fsp3) is 0.762. The van der Waals surface area contributed by atoms with E-state index in [0.29, 0.717) is 12.8 Å². The van der Waals surface area contributed by atoms with Crippen molar-refractivity contribution in [2.45, 2.75) is 193 Å². The molecular weight excluding hydrogens is 584 g/mol. The number of ether oxygens (including phenoxy) is 2. The molecule has 0 aromatic rings. The molecule has 1 N–H and O–H groups in total. The van der Waals surface area contributed by atoms with Gasteiger partial charge in [-0.3, -0.25) is 9.59 Å². The number of hydrogen-bond donors (Lipinski definition) is 1. The van der Waals surface area contributed by atoms with Crippen LogP contribution in [0.3, 0.4) is 0 Å². The van der Waals surface area contributed by atoms with Crippen molar-refractivity contribution in [3.63, 3.8) is 0 Å². The summed E-state index contributed by atoms with van der Waals surface area (Å²) in [5.41, 5.74) is 0. The summed E-state index contributed by atoms with van der Waals surface area (Å²) in [7, 11) is 0. The number of carbonyl (C=O) groups is 2. The van der Waals surface area contributed by atoms with Crippen LogP contribution in [0.4, 0.5) is 0 Å². The maximum Gasteiger partial charge on any atom is 0.306 e. The van der Waals surface area contributed by atoms with Crippen molar-refractivity contribution in [2.24, 2.45) is 0 Å². The van der Waals surface area contributed by atoms with Crippen LogP contribution in [0.15, 0.2) is 48.6 Å². The van der Waals surface area contributed by atoms with Crippen molar-refractivity contribution in [3.8, 4) is 0 Å². The van der Waals surface area contributed by atoms with E-state index in [-0.39, 0.29) is 25.2 Å². The lowest BCUT2D eigenvalue weighted by atomic mass is 10.1. The lowest BCUT2D eigenvalue weighted by molar-refractivity contribution is -0.161. The van der Waals surface area contributed by atoms with E-state index >= 15 is 0 Å². The van der Waals surface area contributed by atoms with E-state index in [1.165, 1.54) is 96.3 Å². The van der Waals surface area contributed by atoms with E-state index in [9.17, 15) is 14.7 Å². The molecule has 0 saturated heterocycles. The highest BCUT2D eigenvalue weighted by molar-refractivity contribution is 5.70. The van der Waals surface area contributed by atoms with Crippen molar-refractivity contribution >= 4 is 11.9 Å². The number of unbranched alkanes of at least 4 members (excludes halogenated alkanes) is 19. The third-order valence-electron chi connectivity index (χ3n) is 8.35. The Kier molecular flexibility index (Phi) is 36.6. The van der Waals surface area contributed by atoms with Crippen LogP contribution in [0, 0.1) is 0 Å². The number of aliphatic hydroxyl groups excluding tert-OH is 1. The molecule has 5 nitrogen and oxygen atoms in total. The third kappa shape index (κ3) is 36.5. The van der Waals surface area contributed by atoms with Crippen LogP contribution in [0.25, 0.3) is 0 Å². The first-order valence-electron chi connectivity index (χ1n) is 19.7. The van der Waals surface area contributed by atoms with Crippen LogP contribution in [0.2, 0.25) is 0 Å². The Bertz CT molecular complexity index is 797. The zero-order chi connectivity index (χ0) is 34.3. The van der Waals surface area contributed by atoms with E-state index in [1.807, 2.05) is 0 Å². The standard InChI is InChI=1S/C42H74O5/c1-3-5-7-9-11-13-15-17-19-20-21-22-23-25-27-29-31-33-35-37-42(45)47-40(38-43)39-46-41(44)36-34-32-30-28-26-24-18-16-14-12-10-8-6-4-2/h11,13,16-19,21-22,40,43H,3-10,12,14-15,20,23-39H2,1-2H3/b13-11-,18-16-,19-17-,22-21-/t40-/m0/s1. The Labute approximate surface area is 290 Å². The number of rotatable bonds is 35. The molecule has 0 aromatic heterocycles. The van der Waals surface area contributed by atoms with Gasteiger partial charge in [0.15, 0.2) is 6.10 Å². The second kappa shape index (κ2) is 38.3. The molecule has 0 amide bonds. The molecule has 0 aliphatic rings. The van der Waals surface area contributed by atoms with Crippen LogP contribution in [-0.4, -0.2) is 36.4 Å². The zero-order valence-corrected chi connectivity index (χ0v) is 30.8. The van der Waals surface area contributed by atoms with Crippen LogP contribution < -0.4 is 0 Å². The first-order chi connectivity index (χ1) is 23.1. The Morgan fingerprint density at radius 3 is 1.34 bits per heavy atom. The van der Waals surface area contributed by atoms with E-state index < -0.39 is 6.10 Å². The summed E-state index contributed by atoms with van der Waals surface area (Å²) < 4.78 is 10.6. The maximum atomic E-state index is 12.2. The molecule has 0 rings (SSSR count). The Balaban J connectivity index is 3.61. The van der Waals surface area contributed by atoms with Crippen LogP contribution in [0.5, 0.6) is 0 Å². The van der Waals surface area contributed by atoms with Gasteiger partial charge in [-0.25, -0.2) is 0 Å². The predicted molar refractivity (Wildman–Crippen MR) is 200 cm³/mol. The van der Waals surface area contributed by atoms with E-state index in [0.717, 1.165) is 64.2 Å². The second-order valence-corrected chi connectivity index (χ2v) is 13.0. The Morgan fingerprint density at radius 2 is 0.851 bits per heavy atom. The smallest absolute Gasteiger partial charge is 0.306 e. The maximum absolute atomic E-state index is 12.2. The average molecular weight is 659 g/mol. The van der Waals surface area contributed by atoms with Crippen LogP contribution in [0.1, 0.15) is 187 Å². The summed E-state index contributed by atoms with van der Waals surface area (Å²) >= 11 is 0. The highest BCUT2D eigenvalue weighted by atomic mass is 16.6. The molecule has 1 atom stereocenters. The van der Waals surface area contributed by atoms with Gasteiger partial charge in [0.25, 0.3) is 0 Å². The zero-order valence-electron chi connectivity index (χ0n) is 30.8. The lowest BCUT2D eigenvalue weighted by Crippen LogP contribution is -2.28. The summed E-state index contributed by atoms with van der Waals surface area (Å²) in [6.07, 6.45) is 47.3. The van der Waals surface area contributed by atoms with E-state index in [2.05, 4.69) is 62.5 Å². The van der Waals surface area contributed by atoms with Crippen molar-refractivity contribution in [1.82, 2.24) is 0 Å². The van der Waals surface area contributed by atoms with E-state index in [4.69, 9.17) is 9.47 Å². The lowest BCUT2D eigenvalue weighted by Gasteiger charge is -2.15. The van der Waals surface area contributed by atoms with Crippen molar-refractivity contribution in [3.05, 3.63) is 48.6 Å². The van der Waals surface area contributed by atoms with Crippen LogP contribution >= 0.6 is 0 Å². The van der Waals surface area contributed by atoms with Gasteiger partial charge in [0.05, 0.1) is 6.61 Å². The molecule has 0 aliphatic heterocycles. The second-order valence-electron chi connectivity index (χ2n) is 13.0. The summed E-state index contributed by atoms with van der Waals surface area (Å²) in [5.74, 6) is -0.616. The summed E-state index contributed by atoms with van der Waals surface area (Å²) in [4.78, 5) is 24.2. The van der Waals surface area contributed by atoms with Gasteiger partial charge in [-0.2, -0.15) is 0 Å². The molecule has 0 radical (unpaired) electrons. The first-order valence-corrected chi connectivity index (χ1v) is 19.7. The largest absolute Gasteiger partial charge is 0.462 e. The molecular formula is C42H74O5. The van der Waals surface area contributed by atoms with Gasteiger partial charge in [0.1, 0.15) is 6.61 Å². The Hall–Kier alpha value is -2.14. The molecule has 0 spiro atoms. The SMILES string of the molecule is CCCCC/C=C\C/C=C\C/C=C\CCCCCCCCC(=O)O[C@@H](CO)COC(=O)CCCCCCC/C=C\CCCCCCC. The number of allylic oxidation sites excluding steroid dienone is 8. The monoisotopic (exact) mass is 659 g/mol. The molecule has 0 fully saturated rings. The minimum atomic E-state index is -0.781. The number of carbonyl (C=O) groups excluding carboxylic acids is 2. The summed E-state index contributed by atoms with van der Waals surface area (Å²) in [6.45, 7) is 4.08. The van der Waals surface area contributed by atoms with Gasteiger partial charge in [-0.05, 0) is 77.0 Å². The van der Waals surface area contributed by atoms with E-state index in [1.54, 1.807) is 0 Å². The molecule has 272 valence electrons. The normalized spacial score (nSPS) is 12.7. The highest BCUT2D eigenvalue weighted by Gasteiger charge is 2.16. The minimum absolute atomic E-state index is 0.0761. The predicted octanol–water partition coefficient (Wildman–Crippen LogP) is 12.2. The van der Waals surface area contributed by atoms with Gasteiger partial charge in [0, 0.05) is 12.8 Å². The molecule has 47 heavy (non-hydrogen) atoms. The quantitative estimate of drug-likeness (QED) is 0.0417. The topological polar surface area (TPSA) is 72.8 Å². The number of aliphatic hydroxyl groups is 1. The van der Waals surface area contributed by atoms with Crippen molar-refractivity contribution in [2.75, 3.05) is 13.2 Å². The number of hydrogen-bond acceptors (Lipinski definition) is 5. The fourth-order valence-electron chi connectivity index (χ4n) is 5.32. The summed E-state index contributed by atoms with van der Waals surface area (Å²) in [6, 6.07) is 0. The van der Waals surface area contributed by atoms with Crippen molar-refractivity contribution in [1.29, 1.82) is 0 Å². The molecule has 0 unspecified atom stereocenters. The molecule has 0 heterocycles. The third-order valence-corrected chi connectivity index (χ3v) is 8.35. The molecule has 0 aromatic carbocycles. The van der Waals surface area contributed by atoms with Gasteiger partial charge in [0.2, 0.25) is 0 Å². The Morgan fingerprint density at radius 1 is 0.489 bits per heavy atom. The van der Waals surface area contributed by atoms with Crippen molar-refractivity contribution < 1.29 is 24.2 Å². The molecule has 5 heteroatoms. The molecule has 0 bridgehead atoms. The van der Waals surface area contributed by atoms with Gasteiger partial charge in [-0.1, -0.05) is 146 Å². The van der Waals surface area contributed by atoms with Gasteiger partial charge < -0.3 is 14.6 Å². The minimum Gasteiger partial charge on any atom is -0.462 e. The van der Waals surface area contributed by atoms with Crippen LogP contribution in [-0.2, 0) is 19.1 Å². The molecule has 0 saturated carbocycles. The first kappa shape index (κ1) is 44.9. The highest BCUT2D eigenvalue weighted by Crippen LogP contribution is 2.12. The summed E-state index contributed by atoms with van der Waals surface area (Å²) in [5, 5.41) is 9.55. The molecule has 0 aliphatic carbocycles. The van der Waals surface area contributed by atoms with Gasteiger partial charge >= 0.3 is 11.9 Å². The number of esters is 2.